The number of nitrogens with one attached hydrogen (secondary N) is 2. The lowest BCUT2D eigenvalue weighted by atomic mass is 9.77. The summed E-state index contributed by atoms with van der Waals surface area (Å²) in [5, 5.41) is 7.55. The van der Waals surface area contributed by atoms with E-state index in [2.05, 4.69) is 25.1 Å². The van der Waals surface area contributed by atoms with E-state index in [9.17, 15) is 0 Å². The number of aromatic nitrogens is 5. The number of anilines is 1. The fraction of sp³-hybridized carbons (Fsp3) is 0.471. The minimum Gasteiger partial charge on any atom is -0.357 e. The second kappa shape index (κ2) is 4.57. The largest absolute Gasteiger partial charge is 0.357 e. The summed E-state index contributed by atoms with van der Waals surface area (Å²) in [6.07, 6.45) is 8.72. The van der Waals surface area contributed by atoms with Gasteiger partial charge in [0.1, 0.15) is 11.3 Å². The van der Waals surface area contributed by atoms with Crippen LogP contribution in [0.5, 0.6) is 0 Å². The molecule has 3 aromatic heterocycles. The van der Waals surface area contributed by atoms with Crippen molar-refractivity contribution in [2.45, 2.75) is 38.0 Å². The van der Waals surface area contributed by atoms with Crippen LogP contribution >= 0.6 is 0 Å². The zero-order valence-corrected chi connectivity index (χ0v) is 13.3. The molecule has 1 fully saturated rings. The summed E-state index contributed by atoms with van der Waals surface area (Å²) in [4.78, 5) is 15.0. The van der Waals surface area contributed by atoms with E-state index < -0.39 is 0 Å². The molecular weight excluding hydrogens is 288 g/mol. The Morgan fingerprint density at radius 1 is 1.26 bits per heavy atom. The zero-order valence-electron chi connectivity index (χ0n) is 13.3. The molecule has 2 N–H and O–H groups in total. The lowest BCUT2D eigenvalue weighted by molar-refractivity contribution is 0.332. The number of piperidine rings is 1. The maximum atomic E-state index is 4.75. The topological polar surface area (TPSA) is 73.5 Å². The number of fused-ring (bicyclic) bond motifs is 3. The molecule has 4 heterocycles. The Labute approximate surface area is 134 Å². The normalized spacial score (nSPS) is 23.8. The number of nitrogens with zero attached hydrogens (tertiary/aromatic N) is 4. The van der Waals surface area contributed by atoms with E-state index in [0.717, 1.165) is 42.2 Å². The Balaban J connectivity index is 1.58. The number of rotatable bonds is 1. The van der Waals surface area contributed by atoms with Crippen molar-refractivity contribution >= 4 is 16.9 Å². The zero-order chi connectivity index (χ0) is 15.4. The Bertz CT molecular complexity index is 878. The van der Waals surface area contributed by atoms with Crippen molar-refractivity contribution in [2.24, 2.45) is 0 Å². The number of aromatic amines is 2. The van der Waals surface area contributed by atoms with Gasteiger partial charge in [0.05, 0.1) is 11.7 Å². The molecule has 0 saturated carbocycles. The molecule has 2 aliphatic rings. The first-order valence-electron chi connectivity index (χ1n) is 8.35. The highest BCUT2D eigenvalue weighted by Gasteiger charge is 2.44. The van der Waals surface area contributed by atoms with Gasteiger partial charge < -0.3 is 9.88 Å². The average Bonchev–Trinajstić information content (AvgIpc) is 3.26. The Morgan fingerprint density at radius 2 is 2.22 bits per heavy atom. The van der Waals surface area contributed by atoms with E-state index in [1.807, 2.05) is 25.4 Å². The molecule has 0 aromatic carbocycles. The van der Waals surface area contributed by atoms with Gasteiger partial charge in [0, 0.05) is 30.4 Å². The smallest absolute Gasteiger partial charge is 0.156 e. The van der Waals surface area contributed by atoms with Gasteiger partial charge in [0.2, 0.25) is 0 Å². The van der Waals surface area contributed by atoms with Crippen molar-refractivity contribution in [3.8, 4) is 0 Å². The van der Waals surface area contributed by atoms with Crippen molar-refractivity contribution in [3.63, 3.8) is 0 Å². The highest BCUT2D eigenvalue weighted by molar-refractivity contribution is 5.86. The number of hydrogen-bond acceptors (Lipinski definition) is 4. The summed E-state index contributed by atoms with van der Waals surface area (Å²) in [6.45, 7) is 4.03. The molecule has 23 heavy (non-hydrogen) atoms. The van der Waals surface area contributed by atoms with Gasteiger partial charge in [0.25, 0.3) is 0 Å². The monoisotopic (exact) mass is 308 g/mol. The molecule has 3 aromatic rings. The first kappa shape index (κ1) is 13.1. The van der Waals surface area contributed by atoms with Crippen LogP contribution in [0.1, 0.15) is 36.3 Å². The van der Waals surface area contributed by atoms with Gasteiger partial charge in [-0.25, -0.2) is 9.97 Å². The van der Waals surface area contributed by atoms with Crippen molar-refractivity contribution < 1.29 is 0 Å². The molecule has 0 bridgehead atoms. The quantitative estimate of drug-likeness (QED) is 0.724. The third kappa shape index (κ3) is 1.84. The van der Waals surface area contributed by atoms with E-state index >= 15 is 0 Å². The highest BCUT2D eigenvalue weighted by atomic mass is 15.2. The Morgan fingerprint density at radius 3 is 3.17 bits per heavy atom. The lowest BCUT2D eigenvalue weighted by Gasteiger charge is -2.41. The predicted octanol–water partition coefficient (Wildman–Crippen LogP) is 2.47. The van der Waals surface area contributed by atoms with Gasteiger partial charge >= 0.3 is 0 Å². The van der Waals surface area contributed by atoms with Crippen LogP contribution in [-0.4, -0.2) is 38.2 Å². The van der Waals surface area contributed by atoms with Gasteiger partial charge in [-0.15, -0.1) is 0 Å². The first-order chi connectivity index (χ1) is 11.3. The summed E-state index contributed by atoms with van der Waals surface area (Å²) in [6, 6.07) is 2.02. The van der Waals surface area contributed by atoms with Crippen LogP contribution < -0.4 is 4.90 Å². The van der Waals surface area contributed by atoms with Crippen LogP contribution in [0.25, 0.3) is 11.0 Å². The van der Waals surface area contributed by atoms with E-state index in [1.165, 1.54) is 30.5 Å². The second-order valence-corrected chi connectivity index (χ2v) is 6.91. The standard InChI is InChI=1S/C17H20N6/c1-11-20-13-4-7-18-14(13)16(21-11)23-8-2-5-17(10-23)6-3-12-9-19-22-15(12)17/h4,7,9,18H,2-3,5-6,8,10H2,1H3,(H,19,22). The minimum absolute atomic E-state index is 0.210. The number of hydrogen-bond donors (Lipinski definition) is 2. The Kier molecular flexibility index (Phi) is 2.60. The molecule has 1 unspecified atom stereocenters. The molecule has 1 saturated heterocycles. The Hall–Kier alpha value is -2.37. The second-order valence-electron chi connectivity index (χ2n) is 6.91. The van der Waals surface area contributed by atoms with Crippen LogP contribution in [0.2, 0.25) is 0 Å². The maximum Gasteiger partial charge on any atom is 0.156 e. The van der Waals surface area contributed by atoms with Crippen molar-refractivity contribution in [1.29, 1.82) is 0 Å². The summed E-state index contributed by atoms with van der Waals surface area (Å²) >= 11 is 0. The minimum atomic E-state index is 0.210. The third-order valence-corrected chi connectivity index (χ3v) is 5.50. The van der Waals surface area contributed by atoms with Crippen molar-refractivity contribution in [2.75, 3.05) is 18.0 Å². The molecule has 1 spiro atoms. The van der Waals surface area contributed by atoms with E-state index in [-0.39, 0.29) is 5.41 Å². The summed E-state index contributed by atoms with van der Waals surface area (Å²) in [7, 11) is 0. The summed E-state index contributed by atoms with van der Waals surface area (Å²) in [5.41, 5.74) is 5.02. The molecule has 0 amide bonds. The molecule has 118 valence electrons. The first-order valence-corrected chi connectivity index (χ1v) is 8.35. The SMILES string of the molecule is Cc1nc(N2CCCC3(CCc4cn[nH]c43)C2)c2[nH]ccc2n1. The average molecular weight is 308 g/mol. The van der Waals surface area contributed by atoms with E-state index in [1.54, 1.807) is 0 Å². The van der Waals surface area contributed by atoms with E-state index in [4.69, 9.17) is 4.98 Å². The van der Waals surface area contributed by atoms with Gasteiger partial charge in [0.15, 0.2) is 5.82 Å². The van der Waals surface area contributed by atoms with E-state index in [0.29, 0.717) is 0 Å². The van der Waals surface area contributed by atoms with Crippen molar-refractivity contribution in [3.05, 3.63) is 35.5 Å². The fourth-order valence-corrected chi connectivity index (χ4v) is 4.45. The summed E-state index contributed by atoms with van der Waals surface area (Å²) in [5.74, 6) is 1.88. The highest BCUT2D eigenvalue weighted by Crippen LogP contribution is 2.44. The van der Waals surface area contributed by atoms with Gasteiger partial charge in [-0.05, 0) is 44.2 Å². The van der Waals surface area contributed by atoms with Gasteiger partial charge in [-0.3, -0.25) is 5.10 Å². The number of H-pyrrole nitrogens is 2. The maximum absolute atomic E-state index is 4.75. The van der Waals surface area contributed by atoms with Crippen LogP contribution in [0.4, 0.5) is 5.82 Å². The predicted molar refractivity (Wildman–Crippen MR) is 88.7 cm³/mol. The van der Waals surface area contributed by atoms with Crippen molar-refractivity contribution in [1.82, 2.24) is 25.1 Å². The van der Waals surface area contributed by atoms with Gasteiger partial charge in [-0.1, -0.05) is 0 Å². The fourth-order valence-electron chi connectivity index (χ4n) is 4.45. The molecule has 1 atom stereocenters. The molecule has 0 radical (unpaired) electrons. The van der Waals surface area contributed by atoms with Crippen LogP contribution in [0, 0.1) is 6.92 Å². The molecule has 1 aliphatic heterocycles. The molecule has 1 aliphatic carbocycles. The van der Waals surface area contributed by atoms with Crippen LogP contribution in [0.15, 0.2) is 18.5 Å². The van der Waals surface area contributed by atoms with Crippen LogP contribution in [-0.2, 0) is 11.8 Å². The summed E-state index contributed by atoms with van der Waals surface area (Å²) < 4.78 is 0. The molecular formula is C17H20N6. The van der Waals surface area contributed by atoms with Crippen LogP contribution in [0.3, 0.4) is 0 Å². The third-order valence-electron chi connectivity index (χ3n) is 5.50. The lowest BCUT2D eigenvalue weighted by Crippen LogP contribution is -2.45. The molecule has 6 nitrogen and oxygen atoms in total. The molecule has 6 heteroatoms. The molecule has 5 rings (SSSR count). The van der Waals surface area contributed by atoms with Gasteiger partial charge in [-0.2, -0.15) is 5.10 Å². The number of aryl methyl sites for hydroxylation is 2.